The number of benzene rings is 2. The van der Waals surface area contributed by atoms with Crippen molar-refractivity contribution in [2.24, 2.45) is 4.99 Å². The zero-order valence-corrected chi connectivity index (χ0v) is 25.3. The van der Waals surface area contributed by atoms with Crippen molar-refractivity contribution in [3.05, 3.63) is 58.7 Å². The number of nitrogens with zero attached hydrogens (tertiary/aromatic N) is 1. The molecule has 194 valence electrons. The average molecular weight is 496 g/mol. The lowest BCUT2D eigenvalue weighted by Crippen LogP contribution is -2.25. The SMILES string of the molecule is CCCCCC(C)(Pc1ccccc1C=NC(C)(C)C)c1cc(C(C)(C)C)cc(C(C)(C)C)c1O. The van der Waals surface area contributed by atoms with Crippen LogP contribution in [0.5, 0.6) is 5.75 Å². The van der Waals surface area contributed by atoms with Crippen LogP contribution < -0.4 is 5.30 Å². The van der Waals surface area contributed by atoms with Crippen molar-refractivity contribution >= 4 is 20.1 Å². The van der Waals surface area contributed by atoms with E-state index in [-0.39, 0.29) is 21.5 Å². The Labute approximate surface area is 217 Å². The molecule has 0 aliphatic rings. The van der Waals surface area contributed by atoms with Crippen LogP contribution in [-0.2, 0) is 16.0 Å². The molecule has 0 saturated heterocycles. The van der Waals surface area contributed by atoms with Crippen molar-refractivity contribution in [1.29, 1.82) is 0 Å². The molecule has 0 aliphatic heterocycles. The number of hydrogen-bond donors (Lipinski definition) is 1. The van der Waals surface area contributed by atoms with E-state index in [2.05, 4.69) is 113 Å². The third-order valence-corrected chi connectivity index (χ3v) is 8.42. The van der Waals surface area contributed by atoms with E-state index >= 15 is 0 Å². The first-order chi connectivity index (χ1) is 16.0. The molecule has 0 bridgehead atoms. The van der Waals surface area contributed by atoms with Gasteiger partial charge in [0.05, 0.1) is 5.54 Å². The molecule has 2 unspecified atom stereocenters. The van der Waals surface area contributed by atoms with Crippen LogP contribution in [0.15, 0.2) is 41.4 Å². The third-order valence-electron chi connectivity index (χ3n) is 6.62. The summed E-state index contributed by atoms with van der Waals surface area (Å²) in [6.45, 7) is 24.4. The summed E-state index contributed by atoms with van der Waals surface area (Å²) in [6.07, 6.45) is 6.65. The predicted octanol–water partition coefficient (Wildman–Crippen LogP) is 9.00. The Morgan fingerprint density at radius 2 is 1.43 bits per heavy atom. The first-order valence-corrected chi connectivity index (χ1v) is 14.3. The topological polar surface area (TPSA) is 32.6 Å². The number of hydrogen-bond acceptors (Lipinski definition) is 2. The van der Waals surface area contributed by atoms with Gasteiger partial charge in [-0.15, -0.1) is 0 Å². The molecule has 2 aromatic carbocycles. The molecular weight excluding hydrogens is 445 g/mol. The van der Waals surface area contributed by atoms with Crippen LogP contribution in [0.25, 0.3) is 0 Å². The maximum absolute atomic E-state index is 11.7. The molecule has 2 aromatic rings. The Bertz CT molecular complexity index is 1020. The molecule has 2 rings (SSSR count). The molecule has 3 heteroatoms. The van der Waals surface area contributed by atoms with Gasteiger partial charge >= 0.3 is 0 Å². The van der Waals surface area contributed by atoms with Gasteiger partial charge in [0.15, 0.2) is 0 Å². The Kier molecular flexibility index (Phi) is 9.43. The van der Waals surface area contributed by atoms with E-state index in [1.807, 2.05) is 6.21 Å². The van der Waals surface area contributed by atoms with E-state index in [4.69, 9.17) is 4.99 Å². The van der Waals surface area contributed by atoms with E-state index in [0.717, 1.165) is 24.0 Å². The zero-order chi connectivity index (χ0) is 26.7. The lowest BCUT2D eigenvalue weighted by atomic mass is 9.77. The van der Waals surface area contributed by atoms with Crippen LogP contribution in [-0.4, -0.2) is 16.9 Å². The van der Waals surface area contributed by atoms with Crippen molar-refractivity contribution in [3.63, 3.8) is 0 Å². The van der Waals surface area contributed by atoms with Gasteiger partial charge in [-0.25, -0.2) is 0 Å². The molecule has 0 heterocycles. The van der Waals surface area contributed by atoms with Crippen LogP contribution >= 0.6 is 8.58 Å². The molecule has 0 radical (unpaired) electrons. The fraction of sp³-hybridized carbons (Fsp3) is 0.594. The predicted molar refractivity (Wildman–Crippen MR) is 159 cm³/mol. The quantitative estimate of drug-likeness (QED) is 0.221. The molecule has 2 nitrogen and oxygen atoms in total. The van der Waals surface area contributed by atoms with Crippen LogP contribution in [0.4, 0.5) is 0 Å². The van der Waals surface area contributed by atoms with E-state index in [1.165, 1.54) is 29.3 Å². The molecule has 1 N–H and O–H groups in total. The second-order valence-corrected chi connectivity index (χ2v) is 15.2. The number of phenols is 1. The van der Waals surface area contributed by atoms with Crippen molar-refractivity contribution in [1.82, 2.24) is 0 Å². The molecule has 0 aliphatic carbocycles. The van der Waals surface area contributed by atoms with Gasteiger partial charge in [0.25, 0.3) is 0 Å². The number of phenolic OH excluding ortho intramolecular Hbond substituents is 1. The monoisotopic (exact) mass is 495 g/mol. The lowest BCUT2D eigenvalue weighted by Gasteiger charge is -2.36. The minimum atomic E-state index is -0.161. The van der Waals surface area contributed by atoms with Crippen molar-refractivity contribution in [3.8, 4) is 5.75 Å². The molecule has 0 fully saturated rings. The zero-order valence-electron chi connectivity index (χ0n) is 24.3. The van der Waals surface area contributed by atoms with Crippen molar-refractivity contribution in [2.45, 2.75) is 123 Å². The van der Waals surface area contributed by atoms with Crippen LogP contribution in [0.1, 0.15) is 124 Å². The number of aliphatic imine (C=N–C) groups is 1. The standard InChI is InChI=1S/C32H50NOP/c1-12-13-16-19-32(11,35-27-18-15-14-17-23(27)22-33-31(8,9)10)26-21-24(29(2,3)4)20-25(28(26)34)30(5,6)7/h14-15,17-18,20-22,34-35H,12-13,16,19H2,1-11H3. The highest BCUT2D eigenvalue weighted by molar-refractivity contribution is 7.48. The molecule has 35 heavy (non-hydrogen) atoms. The minimum Gasteiger partial charge on any atom is -0.507 e. The highest BCUT2D eigenvalue weighted by atomic mass is 31.1. The summed E-state index contributed by atoms with van der Waals surface area (Å²) in [5.41, 5.74) is 4.40. The Balaban J connectivity index is 2.73. The fourth-order valence-electron chi connectivity index (χ4n) is 4.34. The molecular formula is C32H50NOP. The summed E-state index contributed by atoms with van der Waals surface area (Å²) in [7, 11) is 0.534. The number of unbranched alkanes of at least 4 members (excludes halogenated alkanes) is 2. The smallest absolute Gasteiger partial charge is 0.123 e. The van der Waals surface area contributed by atoms with Crippen LogP contribution in [0.3, 0.4) is 0 Å². The number of aromatic hydroxyl groups is 1. The van der Waals surface area contributed by atoms with Gasteiger partial charge in [0, 0.05) is 16.9 Å². The molecule has 0 aromatic heterocycles. The average Bonchev–Trinajstić information content (AvgIpc) is 2.71. The van der Waals surface area contributed by atoms with Gasteiger partial charge in [0.1, 0.15) is 5.75 Å². The Hall–Kier alpha value is -1.66. The maximum Gasteiger partial charge on any atom is 0.123 e. The Morgan fingerprint density at radius 1 is 0.829 bits per heavy atom. The van der Waals surface area contributed by atoms with Crippen molar-refractivity contribution < 1.29 is 5.11 Å². The van der Waals surface area contributed by atoms with E-state index in [9.17, 15) is 5.11 Å². The van der Waals surface area contributed by atoms with Crippen molar-refractivity contribution in [2.75, 3.05) is 0 Å². The summed E-state index contributed by atoms with van der Waals surface area (Å²) >= 11 is 0. The lowest BCUT2D eigenvalue weighted by molar-refractivity contribution is 0.424. The summed E-state index contributed by atoms with van der Waals surface area (Å²) in [6, 6.07) is 13.2. The van der Waals surface area contributed by atoms with Gasteiger partial charge in [-0.1, -0.05) is 120 Å². The summed E-state index contributed by atoms with van der Waals surface area (Å²) in [5.74, 6) is 0.484. The fourth-order valence-corrected chi connectivity index (χ4v) is 6.03. The van der Waals surface area contributed by atoms with E-state index in [0.29, 0.717) is 14.3 Å². The normalized spacial score (nSPS) is 15.3. The van der Waals surface area contributed by atoms with Gasteiger partial charge in [-0.2, -0.15) is 0 Å². The summed E-state index contributed by atoms with van der Waals surface area (Å²) in [4.78, 5) is 4.81. The second-order valence-electron chi connectivity index (χ2n) is 13.4. The minimum absolute atomic E-state index is 0.00711. The maximum atomic E-state index is 11.7. The summed E-state index contributed by atoms with van der Waals surface area (Å²) < 4.78 is 0. The van der Waals surface area contributed by atoms with E-state index < -0.39 is 0 Å². The van der Waals surface area contributed by atoms with Gasteiger partial charge in [0.2, 0.25) is 0 Å². The molecule has 2 atom stereocenters. The highest BCUT2D eigenvalue weighted by Gasteiger charge is 2.34. The van der Waals surface area contributed by atoms with Crippen LogP contribution in [0, 0.1) is 0 Å². The third kappa shape index (κ3) is 8.18. The van der Waals surface area contributed by atoms with Gasteiger partial charge in [-0.3, -0.25) is 4.99 Å². The first kappa shape index (κ1) is 29.6. The largest absolute Gasteiger partial charge is 0.507 e. The summed E-state index contributed by atoms with van der Waals surface area (Å²) in [5, 5.41) is 12.9. The highest BCUT2D eigenvalue weighted by Crippen LogP contribution is 2.51. The van der Waals surface area contributed by atoms with E-state index in [1.54, 1.807) is 0 Å². The van der Waals surface area contributed by atoms with Gasteiger partial charge in [-0.05, 0) is 60.0 Å². The number of rotatable bonds is 8. The second kappa shape index (κ2) is 11.2. The molecule has 0 amide bonds. The van der Waals surface area contributed by atoms with Crippen LogP contribution in [0.2, 0.25) is 0 Å². The molecule has 0 saturated carbocycles. The van der Waals surface area contributed by atoms with Gasteiger partial charge < -0.3 is 5.11 Å². The Morgan fingerprint density at radius 3 is 1.97 bits per heavy atom. The first-order valence-electron chi connectivity index (χ1n) is 13.3. The molecule has 0 spiro atoms.